The van der Waals surface area contributed by atoms with Gasteiger partial charge in [0.05, 0.1) is 0 Å². The Morgan fingerprint density at radius 2 is 1.68 bits per heavy atom. The van der Waals surface area contributed by atoms with Gasteiger partial charge in [-0.05, 0) is 50.5 Å². The lowest BCUT2D eigenvalue weighted by Gasteiger charge is -2.31. The number of nitrogens with zero attached hydrogens (tertiary/aromatic N) is 1. The van der Waals surface area contributed by atoms with Crippen LogP contribution in [0.4, 0.5) is 5.69 Å². The van der Waals surface area contributed by atoms with E-state index in [0.717, 1.165) is 11.3 Å². The number of hydrogen-bond donors (Lipinski definition) is 1. The first-order chi connectivity index (χ1) is 12.0. The quantitative estimate of drug-likeness (QED) is 0.927. The molecule has 1 aliphatic rings. The van der Waals surface area contributed by atoms with Crippen LogP contribution >= 0.6 is 0 Å². The summed E-state index contributed by atoms with van der Waals surface area (Å²) in [6.07, 6.45) is 1.41. The van der Waals surface area contributed by atoms with Crippen molar-refractivity contribution in [3.05, 3.63) is 65.2 Å². The minimum Gasteiger partial charge on any atom is -0.339 e. The van der Waals surface area contributed by atoms with Crippen molar-refractivity contribution in [3.8, 4) is 0 Å². The van der Waals surface area contributed by atoms with E-state index in [0.29, 0.717) is 31.5 Å². The van der Waals surface area contributed by atoms with Gasteiger partial charge in [0.1, 0.15) is 0 Å². The molecule has 0 aromatic heterocycles. The second kappa shape index (κ2) is 7.51. The zero-order valence-electron chi connectivity index (χ0n) is 14.8. The van der Waals surface area contributed by atoms with Crippen LogP contribution in [0.1, 0.15) is 34.3 Å². The molecule has 4 nitrogen and oxygen atoms in total. The number of nitrogens with one attached hydrogen (secondary N) is 1. The number of aryl methyl sites for hydroxylation is 2. The highest BCUT2D eigenvalue weighted by atomic mass is 16.2. The summed E-state index contributed by atoms with van der Waals surface area (Å²) in [5, 5.41) is 3.04. The summed E-state index contributed by atoms with van der Waals surface area (Å²) in [6, 6.07) is 15.3. The first kappa shape index (κ1) is 17.2. The second-order valence-corrected chi connectivity index (χ2v) is 6.74. The number of hydrogen-bond acceptors (Lipinski definition) is 2. The normalized spacial score (nSPS) is 15.0. The van der Waals surface area contributed by atoms with Crippen molar-refractivity contribution in [1.29, 1.82) is 0 Å². The summed E-state index contributed by atoms with van der Waals surface area (Å²) in [6.45, 7) is 5.29. The molecule has 130 valence electrons. The van der Waals surface area contributed by atoms with Crippen LogP contribution in [0.15, 0.2) is 48.5 Å². The van der Waals surface area contributed by atoms with Crippen LogP contribution in [0.25, 0.3) is 0 Å². The van der Waals surface area contributed by atoms with Gasteiger partial charge in [-0.25, -0.2) is 0 Å². The van der Waals surface area contributed by atoms with Crippen LogP contribution in [0.3, 0.4) is 0 Å². The van der Waals surface area contributed by atoms with Crippen molar-refractivity contribution >= 4 is 17.5 Å². The number of piperidine rings is 1. The molecular weight excluding hydrogens is 312 g/mol. The Balaban J connectivity index is 1.56. The second-order valence-electron chi connectivity index (χ2n) is 6.74. The highest BCUT2D eigenvalue weighted by Gasteiger charge is 2.28. The smallest absolute Gasteiger partial charge is 0.253 e. The van der Waals surface area contributed by atoms with Gasteiger partial charge in [-0.2, -0.15) is 0 Å². The third-order valence-corrected chi connectivity index (χ3v) is 4.81. The molecule has 2 amide bonds. The summed E-state index contributed by atoms with van der Waals surface area (Å²) in [5.74, 6) is 0.0631. The van der Waals surface area contributed by atoms with E-state index < -0.39 is 0 Å². The maximum atomic E-state index is 12.5. The van der Waals surface area contributed by atoms with Crippen LogP contribution in [-0.2, 0) is 4.79 Å². The van der Waals surface area contributed by atoms with Crippen molar-refractivity contribution in [2.45, 2.75) is 26.7 Å². The summed E-state index contributed by atoms with van der Waals surface area (Å²) < 4.78 is 0. The average Bonchev–Trinajstić information content (AvgIpc) is 2.64. The Bertz CT molecular complexity index is 763. The molecule has 0 bridgehead atoms. The van der Waals surface area contributed by atoms with Gasteiger partial charge in [0.25, 0.3) is 5.91 Å². The Hall–Kier alpha value is -2.62. The Morgan fingerprint density at radius 3 is 2.32 bits per heavy atom. The molecule has 0 unspecified atom stereocenters. The molecule has 1 N–H and O–H groups in total. The first-order valence-electron chi connectivity index (χ1n) is 8.77. The number of amides is 2. The van der Waals surface area contributed by atoms with Crippen molar-refractivity contribution in [2.24, 2.45) is 5.92 Å². The Kier molecular flexibility index (Phi) is 5.17. The topological polar surface area (TPSA) is 49.4 Å². The van der Waals surface area contributed by atoms with Crippen molar-refractivity contribution in [3.63, 3.8) is 0 Å². The van der Waals surface area contributed by atoms with Crippen molar-refractivity contribution in [1.82, 2.24) is 4.90 Å². The van der Waals surface area contributed by atoms with Crippen LogP contribution in [0.2, 0.25) is 0 Å². The largest absolute Gasteiger partial charge is 0.339 e. The monoisotopic (exact) mass is 336 g/mol. The Morgan fingerprint density at radius 1 is 1.00 bits per heavy atom. The lowest BCUT2D eigenvalue weighted by Crippen LogP contribution is -2.41. The number of benzene rings is 2. The summed E-state index contributed by atoms with van der Waals surface area (Å²) >= 11 is 0. The standard InChI is InChI=1S/C21H24N2O2/c1-15-8-9-19(16(2)14-15)22-20(24)17-10-12-23(13-11-17)21(25)18-6-4-3-5-7-18/h3-9,14,17H,10-13H2,1-2H3,(H,22,24). The maximum Gasteiger partial charge on any atom is 0.253 e. The molecule has 1 saturated heterocycles. The van der Waals surface area contributed by atoms with Crippen LogP contribution in [0, 0.1) is 19.8 Å². The summed E-state index contributed by atoms with van der Waals surface area (Å²) in [5.41, 5.74) is 3.84. The summed E-state index contributed by atoms with van der Waals surface area (Å²) in [4.78, 5) is 26.8. The van der Waals surface area contributed by atoms with Gasteiger partial charge < -0.3 is 10.2 Å². The molecule has 1 fully saturated rings. The number of likely N-dealkylation sites (tertiary alicyclic amines) is 1. The van der Waals surface area contributed by atoms with Gasteiger partial charge >= 0.3 is 0 Å². The van der Waals surface area contributed by atoms with E-state index in [2.05, 4.69) is 11.4 Å². The minimum atomic E-state index is -0.0412. The fraction of sp³-hybridized carbons (Fsp3) is 0.333. The van der Waals surface area contributed by atoms with Gasteiger partial charge in [-0.15, -0.1) is 0 Å². The minimum absolute atomic E-state index is 0.0412. The molecule has 25 heavy (non-hydrogen) atoms. The van der Waals surface area contributed by atoms with Gasteiger partial charge in [0.15, 0.2) is 0 Å². The maximum absolute atomic E-state index is 12.5. The van der Waals surface area contributed by atoms with E-state index in [-0.39, 0.29) is 17.7 Å². The SMILES string of the molecule is Cc1ccc(NC(=O)C2CCN(C(=O)c3ccccc3)CC2)c(C)c1. The number of anilines is 1. The van der Waals surface area contributed by atoms with E-state index in [1.54, 1.807) is 0 Å². The highest BCUT2D eigenvalue weighted by molar-refractivity contribution is 5.95. The van der Waals surface area contributed by atoms with Gasteiger partial charge in [-0.3, -0.25) is 9.59 Å². The lowest BCUT2D eigenvalue weighted by molar-refractivity contribution is -0.121. The number of rotatable bonds is 3. The van der Waals surface area contributed by atoms with E-state index in [4.69, 9.17) is 0 Å². The molecule has 0 atom stereocenters. The third kappa shape index (κ3) is 4.08. The zero-order chi connectivity index (χ0) is 17.8. The molecule has 0 spiro atoms. The first-order valence-corrected chi connectivity index (χ1v) is 8.77. The molecule has 1 aliphatic heterocycles. The predicted molar refractivity (Wildman–Crippen MR) is 99.6 cm³/mol. The van der Waals surface area contributed by atoms with Crippen LogP contribution < -0.4 is 5.32 Å². The van der Waals surface area contributed by atoms with E-state index in [9.17, 15) is 9.59 Å². The molecule has 0 radical (unpaired) electrons. The van der Waals surface area contributed by atoms with E-state index in [1.807, 2.05) is 61.2 Å². The average molecular weight is 336 g/mol. The molecule has 2 aromatic carbocycles. The van der Waals surface area contributed by atoms with Crippen molar-refractivity contribution in [2.75, 3.05) is 18.4 Å². The predicted octanol–water partition coefficient (Wildman–Crippen LogP) is 3.79. The van der Waals surface area contributed by atoms with Gasteiger partial charge in [0, 0.05) is 30.3 Å². The summed E-state index contributed by atoms with van der Waals surface area (Å²) in [7, 11) is 0. The van der Waals surface area contributed by atoms with Gasteiger partial charge in [-0.1, -0.05) is 35.9 Å². The molecular formula is C21H24N2O2. The molecule has 3 rings (SSSR count). The van der Waals surface area contributed by atoms with E-state index in [1.165, 1.54) is 5.56 Å². The van der Waals surface area contributed by atoms with Crippen LogP contribution in [0.5, 0.6) is 0 Å². The number of carbonyl (C=O) groups is 2. The highest BCUT2D eigenvalue weighted by Crippen LogP contribution is 2.22. The molecule has 1 heterocycles. The third-order valence-electron chi connectivity index (χ3n) is 4.81. The van der Waals surface area contributed by atoms with Gasteiger partial charge in [0.2, 0.25) is 5.91 Å². The molecule has 4 heteroatoms. The lowest BCUT2D eigenvalue weighted by atomic mass is 9.95. The Labute approximate surface area is 148 Å². The molecule has 2 aromatic rings. The van der Waals surface area contributed by atoms with Crippen molar-refractivity contribution < 1.29 is 9.59 Å². The number of carbonyl (C=O) groups excluding carboxylic acids is 2. The fourth-order valence-corrected chi connectivity index (χ4v) is 3.30. The zero-order valence-corrected chi connectivity index (χ0v) is 14.8. The van der Waals surface area contributed by atoms with E-state index >= 15 is 0 Å². The molecule has 0 saturated carbocycles. The molecule has 0 aliphatic carbocycles. The fourth-order valence-electron chi connectivity index (χ4n) is 3.30. The van der Waals surface area contributed by atoms with Crippen LogP contribution in [-0.4, -0.2) is 29.8 Å².